The molecule has 10 heteroatoms. The first kappa shape index (κ1) is 22.4. The smallest absolute Gasteiger partial charge is 0.348 e. The molecule has 2 N–H and O–H groups in total. The van der Waals surface area contributed by atoms with Gasteiger partial charge in [-0.1, -0.05) is 6.07 Å². The Bertz CT molecular complexity index is 926. The summed E-state index contributed by atoms with van der Waals surface area (Å²) in [6.07, 6.45) is 0. The Labute approximate surface area is 178 Å². The van der Waals surface area contributed by atoms with Crippen LogP contribution < -0.4 is 20.1 Å². The van der Waals surface area contributed by atoms with E-state index in [1.165, 1.54) is 14.2 Å². The van der Waals surface area contributed by atoms with Crippen molar-refractivity contribution in [3.05, 3.63) is 39.8 Å². The molecular formula is C19H22N2O6S2. The Morgan fingerprint density at radius 3 is 2.28 bits per heavy atom. The molecule has 0 radical (unpaired) electrons. The summed E-state index contributed by atoms with van der Waals surface area (Å²) in [5.41, 5.74) is 1.63. The average molecular weight is 439 g/mol. The van der Waals surface area contributed by atoms with Crippen LogP contribution in [0.5, 0.6) is 11.5 Å². The summed E-state index contributed by atoms with van der Waals surface area (Å²) in [6.45, 7) is 2.06. The third kappa shape index (κ3) is 5.15. The lowest BCUT2D eigenvalue weighted by Gasteiger charge is -2.12. The van der Waals surface area contributed by atoms with Gasteiger partial charge in [0.25, 0.3) is 0 Å². The number of anilines is 1. The monoisotopic (exact) mass is 438 g/mol. The van der Waals surface area contributed by atoms with Gasteiger partial charge in [-0.05, 0) is 42.4 Å². The molecular weight excluding hydrogens is 416 g/mol. The van der Waals surface area contributed by atoms with Crippen LogP contribution in [-0.4, -0.2) is 45.5 Å². The standard InChI is InChI=1S/C19H22N2O6S2/c1-10-14(17(22)26-4)16(29-15(10)18(23)27-5)21-19(28)20-9-11-6-7-12(24-2)13(8-11)25-3/h6-8H,9H2,1-5H3,(H2,20,21,28). The molecule has 29 heavy (non-hydrogen) atoms. The number of carbonyl (C=O) groups excluding carboxylic acids is 2. The number of esters is 2. The zero-order valence-corrected chi connectivity index (χ0v) is 18.3. The van der Waals surface area contributed by atoms with Crippen molar-refractivity contribution in [3.63, 3.8) is 0 Å². The van der Waals surface area contributed by atoms with Gasteiger partial charge in [-0.25, -0.2) is 9.59 Å². The van der Waals surface area contributed by atoms with E-state index in [4.69, 9.17) is 31.2 Å². The second-order valence-corrected chi connectivity index (χ2v) is 7.17. The van der Waals surface area contributed by atoms with Crippen molar-refractivity contribution in [2.75, 3.05) is 33.8 Å². The van der Waals surface area contributed by atoms with Crippen LogP contribution in [0.3, 0.4) is 0 Å². The van der Waals surface area contributed by atoms with Crippen LogP contribution in [0.25, 0.3) is 0 Å². The van der Waals surface area contributed by atoms with Crippen molar-refractivity contribution in [3.8, 4) is 11.5 Å². The molecule has 2 rings (SSSR count). The molecule has 0 amide bonds. The largest absolute Gasteiger partial charge is 0.493 e. The number of methoxy groups -OCH3 is 4. The number of hydrogen-bond acceptors (Lipinski definition) is 8. The molecule has 0 saturated carbocycles. The molecule has 0 fully saturated rings. The highest BCUT2D eigenvalue weighted by Gasteiger charge is 2.26. The predicted octanol–water partition coefficient (Wildman–Crippen LogP) is 3.13. The van der Waals surface area contributed by atoms with Gasteiger partial charge in [0.15, 0.2) is 16.6 Å². The number of carbonyl (C=O) groups is 2. The Morgan fingerprint density at radius 2 is 1.69 bits per heavy atom. The number of ether oxygens (including phenoxy) is 4. The van der Waals surface area contributed by atoms with Gasteiger partial charge >= 0.3 is 11.9 Å². The van der Waals surface area contributed by atoms with Crippen molar-refractivity contribution in [1.29, 1.82) is 0 Å². The van der Waals surface area contributed by atoms with E-state index in [1.54, 1.807) is 27.2 Å². The Hall–Kier alpha value is -2.85. The van der Waals surface area contributed by atoms with Crippen molar-refractivity contribution in [2.45, 2.75) is 13.5 Å². The molecule has 8 nitrogen and oxygen atoms in total. The normalized spacial score (nSPS) is 10.1. The fraction of sp³-hybridized carbons (Fsp3) is 0.316. The van der Waals surface area contributed by atoms with Gasteiger partial charge in [0.2, 0.25) is 0 Å². The number of thiophene rings is 1. The van der Waals surface area contributed by atoms with E-state index in [1.807, 2.05) is 12.1 Å². The molecule has 0 unspecified atom stereocenters. The fourth-order valence-corrected chi connectivity index (χ4v) is 3.91. The van der Waals surface area contributed by atoms with Gasteiger partial charge in [0, 0.05) is 6.54 Å². The summed E-state index contributed by atoms with van der Waals surface area (Å²) in [5.74, 6) is 0.133. The van der Waals surface area contributed by atoms with E-state index in [2.05, 4.69) is 10.6 Å². The van der Waals surface area contributed by atoms with Crippen LogP contribution in [-0.2, 0) is 16.0 Å². The zero-order chi connectivity index (χ0) is 21.6. The van der Waals surface area contributed by atoms with Gasteiger partial charge < -0.3 is 29.6 Å². The van der Waals surface area contributed by atoms with Gasteiger partial charge in [-0.2, -0.15) is 0 Å². The maximum Gasteiger partial charge on any atom is 0.348 e. The van der Waals surface area contributed by atoms with Gasteiger partial charge in [0.1, 0.15) is 9.88 Å². The molecule has 1 aromatic carbocycles. The van der Waals surface area contributed by atoms with Crippen LogP contribution >= 0.6 is 23.6 Å². The fourth-order valence-electron chi connectivity index (χ4n) is 2.56. The minimum Gasteiger partial charge on any atom is -0.493 e. The van der Waals surface area contributed by atoms with Crippen molar-refractivity contribution >= 4 is 45.6 Å². The third-order valence-corrected chi connectivity index (χ3v) is 5.47. The zero-order valence-electron chi connectivity index (χ0n) is 16.7. The SMILES string of the molecule is COC(=O)c1sc(NC(=S)NCc2ccc(OC)c(OC)c2)c(C(=O)OC)c1C. The molecule has 0 spiro atoms. The topological polar surface area (TPSA) is 95.1 Å². The highest BCUT2D eigenvalue weighted by Crippen LogP contribution is 2.34. The van der Waals surface area contributed by atoms with Gasteiger partial charge in [-0.15, -0.1) is 11.3 Å². The molecule has 0 aliphatic rings. The predicted molar refractivity (Wildman–Crippen MR) is 114 cm³/mol. The minimum absolute atomic E-state index is 0.244. The summed E-state index contributed by atoms with van der Waals surface area (Å²) in [7, 11) is 5.68. The minimum atomic E-state index is -0.570. The van der Waals surface area contributed by atoms with E-state index in [-0.39, 0.29) is 10.7 Å². The molecule has 0 aliphatic carbocycles. The Balaban J connectivity index is 2.16. The number of benzene rings is 1. The summed E-state index contributed by atoms with van der Waals surface area (Å²) in [4.78, 5) is 24.4. The first-order valence-electron chi connectivity index (χ1n) is 8.42. The first-order chi connectivity index (χ1) is 13.9. The van der Waals surface area contributed by atoms with Crippen LogP contribution in [0.4, 0.5) is 5.00 Å². The number of nitrogens with one attached hydrogen (secondary N) is 2. The Morgan fingerprint density at radius 1 is 1.03 bits per heavy atom. The van der Waals surface area contributed by atoms with E-state index in [9.17, 15) is 9.59 Å². The average Bonchev–Trinajstić information content (AvgIpc) is 3.06. The maximum atomic E-state index is 12.2. The van der Waals surface area contributed by atoms with Gasteiger partial charge in [0.05, 0.1) is 34.0 Å². The van der Waals surface area contributed by atoms with Crippen molar-refractivity contribution < 1.29 is 28.5 Å². The summed E-state index contributed by atoms with van der Waals surface area (Å²) >= 11 is 6.41. The number of hydrogen-bond donors (Lipinski definition) is 2. The second kappa shape index (κ2) is 10.1. The van der Waals surface area contributed by atoms with Crippen LogP contribution in [0.1, 0.15) is 31.2 Å². The summed E-state index contributed by atoms with van der Waals surface area (Å²) in [5, 5.41) is 6.70. The quantitative estimate of drug-likeness (QED) is 0.499. The lowest BCUT2D eigenvalue weighted by Crippen LogP contribution is -2.28. The first-order valence-corrected chi connectivity index (χ1v) is 9.64. The summed E-state index contributed by atoms with van der Waals surface area (Å²) in [6, 6.07) is 5.51. The van der Waals surface area contributed by atoms with Crippen LogP contribution in [0.15, 0.2) is 18.2 Å². The lowest BCUT2D eigenvalue weighted by molar-refractivity contribution is 0.0601. The molecule has 0 atom stereocenters. The molecule has 2 aromatic rings. The highest BCUT2D eigenvalue weighted by atomic mass is 32.1. The van der Waals surface area contributed by atoms with Gasteiger partial charge in [-0.3, -0.25) is 0 Å². The summed E-state index contributed by atoms with van der Waals surface area (Å²) < 4.78 is 20.1. The maximum absolute atomic E-state index is 12.2. The number of thiocarbonyl (C=S) groups is 1. The molecule has 0 saturated heterocycles. The number of rotatable bonds is 7. The van der Waals surface area contributed by atoms with Crippen LogP contribution in [0.2, 0.25) is 0 Å². The van der Waals surface area contributed by atoms with Crippen molar-refractivity contribution in [1.82, 2.24) is 5.32 Å². The third-order valence-electron chi connectivity index (χ3n) is 4.04. The molecule has 1 aromatic heterocycles. The molecule has 0 aliphatic heterocycles. The molecule has 156 valence electrons. The van der Waals surface area contributed by atoms with E-state index >= 15 is 0 Å². The van der Waals surface area contributed by atoms with Crippen LogP contribution in [0, 0.1) is 6.92 Å². The highest BCUT2D eigenvalue weighted by molar-refractivity contribution is 7.80. The van der Waals surface area contributed by atoms with E-state index in [0.717, 1.165) is 16.9 Å². The van der Waals surface area contributed by atoms with Crippen molar-refractivity contribution in [2.24, 2.45) is 0 Å². The molecule has 1 heterocycles. The van der Waals surface area contributed by atoms with E-state index < -0.39 is 11.9 Å². The Kier molecular flexibility index (Phi) is 7.80. The lowest BCUT2D eigenvalue weighted by atomic mass is 10.1. The second-order valence-electron chi connectivity index (χ2n) is 5.74. The van der Waals surface area contributed by atoms with E-state index in [0.29, 0.717) is 33.5 Å². The molecule has 0 bridgehead atoms.